The van der Waals surface area contributed by atoms with Gasteiger partial charge in [-0.2, -0.15) is 0 Å². The van der Waals surface area contributed by atoms with Crippen molar-refractivity contribution < 1.29 is 4.79 Å². The number of nitrogen functional groups attached to an aromatic ring is 1. The third kappa shape index (κ3) is 4.14. The van der Waals surface area contributed by atoms with Crippen molar-refractivity contribution in [2.75, 3.05) is 16.4 Å². The highest BCUT2D eigenvalue weighted by Crippen LogP contribution is 2.18. The first kappa shape index (κ1) is 16.5. The second kappa shape index (κ2) is 7.49. The van der Waals surface area contributed by atoms with Crippen LogP contribution in [0.25, 0.3) is 0 Å². The molecule has 3 aromatic rings. The molecule has 4 N–H and O–H groups in total. The summed E-state index contributed by atoms with van der Waals surface area (Å²) < 4.78 is 0. The van der Waals surface area contributed by atoms with Crippen molar-refractivity contribution in [3.63, 3.8) is 0 Å². The van der Waals surface area contributed by atoms with Crippen LogP contribution in [0.15, 0.2) is 67.0 Å². The number of nitrogens with one attached hydrogen (secondary N) is 2. The fourth-order valence-corrected chi connectivity index (χ4v) is 2.43. The zero-order valence-electron chi connectivity index (χ0n) is 14.0. The number of carbonyl (C=O) groups is 1. The Kier molecular flexibility index (Phi) is 4.95. The van der Waals surface area contributed by atoms with E-state index in [0.29, 0.717) is 23.5 Å². The first-order valence-corrected chi connectivity index (χ1v) is 8.03. The van der Waals surface area contributed by atoms with Crippen LogP contribution in [0.2, 0.25) is 0 Å². The molecule has 0 radical (unpaired) electrons. The molecular formula is C20H20N4O. The van der Waals surface area contributed by atoms with Gasteiger partial charge >= 0.3 is 0 Å². The molecule has 25 heavy (non-hydrogen) atoms. The van der Waals surface area contributed by atoms with Crippen molar-refractivity contribution in [2.24, 2.45) is 0 Å². The molecular weight excluding hydrogens is 312 g/mol. The second-order valence-corrected chi connectivity index (χ2v) is 5.78. The highest BCUT2D eigenvalue weighted by Gasteiger charge is 2.07. The molecule has 1 aromatic heterocycles. The van der Waals surface area contributed by atoms with Gasteiger partial charge in [-0.05, 0) is 48.4 Å². The van der Waals surface area contributed by atoms with Crippen LogP contribution in [-0.2, 0) is 6.54 Å². The maximum absolute atomic E-state index is 12.3. The molecule has 3 rings (SSSR count). The van der Waals surface area contributed by atoms with Crippen LogP contribution in [0.1, 0.15) is 21.5 Å². The van der Waals surface area contributed by atoms with E-state index in [-0.39, 0.29) is 5.91 Å². The SMILES string of the molecule is Cc1ccncc1NCc1ccc(C(=O)Nc2ccccc2N)cc1. The first-order valence-electron chi connectivity index (χ1n) is 8.03. The van der Waals surface area contributed by atoms with Crippen molar-refractivity contribution in [3.05, 3.63) is 83.7 Å². The number of aryl methyl sites for hydroxylation is 1. The number of hydrogen-bond donors (Lipinski definition) is 3. The minimum Gasteiger partial charge on any atom is -0.397 e. The molecule has 1 heterocycles. The van der Waals surface area contributed by atoms with E-state index < -0.39 is 0 Å². The van der Waals surface area contributed by atoms with Gasteiger partial charge in [-0.1, -0.05) is 24.3 Å². The lowest BCUT2D eigenvalue weighted by atomic mass is 10.1. The number of nitrogens with two attached hydrogens (primary N) is 1. The molecule has 5 heteroatoms. The molecule has 2 aromatic carbocycles. The predicted molar refractivity (Wildman–Crippen MR) is 102 cm³/mol. The van der Waals surface area contributed by atoms with Gasteiger partial charge in [-0.25, -0.2) is 0 Å². The maximum Gasteiger partial charge on any atom is 0.255 e. The van der Waals surface area contributed by atoms with Crippen molar-refractivity contribution in [2.45, 2.75) is 13.5 Å². The number of aromatic nitrogens is 1. The number of anilines is 3. The summed E-state index contributed by atoms with van der Waals surface area (Å²) >= 11 is 0. The first-order chi connectivity index (χ1) is 12.1. The van der Waals surface area contributed by atoms with Gasteiger partial charge in [0.25, 0.3) is 5.91 Å². The molecule has 0 fully saturated rings. The summed E-state index contributed by atoms with van der Waals surface area (Å²) in [6.45, 7) is 2.70. The second-order valence-electron chi connectivity index (χ2n) is 5.78. The van der Waals surface area contributed by atoms with E-state index in [1.807, 2.05) is 49.4 Å². The van der Waals surface area contributed by atoms with Crippen molar-refractivity contribution in [1.82, 2.24) is 4.98 Å². The Labute approximate surface area is 146 Å². The normalized spacial score (nSPS) is 10.3. The third-order valence-electron chi connectivity index (χ3n) is 3.95. The Hall–Kier alpha value is -3.34. The molecule has 0 atom stereocenters. The quantitative estimate of drug-likeness (QED) is 0.620. The number of nitrogens with zero attached hydrogens (tertiary/aromatic N) is 1. The zero-order chi connectivity index (χ0) is 17.6. The molecule has 0 saturated carbocycles. The van der Waals surface area contributed by atoms with E-state index in [0.717, 1.165) is 16.8 Å². The Morgan fingerprint density at radius 3 is 2.52 bits per heavy atom. The topological polar surface area (TPSA) is 80.0 Å². The number of benzene rings is 2. The molecule has 126 valence electrons. The van der Waals surface area contributed by atoms with E-state index in [1.165, 1.54) is 0 Å². The van der Waals surface area contributed by atoms with Crippen molar-refractivity contribution in [1.29, 1.82) is 0 Å². The van der Waals surface area contributed by atoms with Crippen LogP contribution < -0.4 is 16.4 Å². The van der Waals surface area contributed by atoms with Gasteiger partial charge in [0.05, 0.1) is 23.3 Å². The van der Waals surface area contributed by atoms with E-state index in [4.69, 9.17) is 5.73 Å². The highest BCUT2D eigenvalue weighted by molar-refractivity contribution is 6.05. The average molecular weight is 332 g/mol. The Balaban J connectivity index is 1.63. The third-order valence-corrected chi connectivity index (χ3v) is 3.95. The molecule has 0 aliphatic heterocycles. The molecule has 5 nitrogen and oxygen atoms in total. The summed E-state index contributed by atoms with van der Waals surface area (Å²) in [5, 5.41) is 6.17. The summed E-state index contributed by atoms with van der Waals surface area (Å²) in [4.78, 5) is 16.4. The average Bonchev–Trinajstić information content (AvgIpc) is 2.63. The van der Waals surface area contributed by atoms with E-state index in [1.54, 1.807) is 24.5 Å². The number of para-hydroxylation sites is 2. The van der Waals surface area contributed by atoms with Gasteiger partial charge < -0.3 is 16.4 Å². The summed E-state index contributed by atoms with van der Waals surface area (Å²) in [5.41, 5.74) is 10.8. The Morgan fingerprint density at radius 2 is 1.80 bits per heavy atom. The largest absolute Gasteiger partial charge is 0.397 e. The lowest BCUT2D eigenvalue weighted by Crippen LogP contribution is -2.13. The van der Waals surface area contributed by atoms with Gasteiger partial charge in [-0.15, -0.1) is 0 Å². The fourth-order valence-electron chi connectivity index (χ4n) is 2.43. The van der Waals surface area contributed by atoms with Gasteiger partial charge in [0.1, 0.15) is 0 Å². The molecule has 0 aliphatic carbocycles. The zero-order valence-corrected chi connectivity index (χ0v) is 14.0. The number of carbonyl (C=O) groups excluding carboxylic acids is 1. The smallest absolute Gasteiger partial charge is 0.255 e. The summed E-state index contributed by atoms with van der Waals surface area (Å²) in [6, 6.07) is 16.6. The highest BCUT2D eigenvalue weighted by atomic mass is 16.1. The summed E-state index contributed by atoms with van der Waals surface area (Å²) in [7, 11) is 0. The fraction of sp³-hybridized carbons (Fsp3) is 0.100. The van der Waals surface area contributed by atoms with E-state index in [2.05, 4.69) is 15.6 Å². The monoisotopic (exact) mass is 332 g/mol. The van der Waals surface area contributed by atoms with Crippen molar-refractivity contribution in [3.8, 4) is 0 Å². The van der Waals surface area contributed by atoms with Crippen LogP contribution in [0.4, 0.5) is 17.1 Å². The van der Waals surface area contributed by atoms with Gasteiger partial charge in [0, 0.05) is 18.3 Å². The predicted octanol–water partition coefficient (Wildman–Crippen LogP) is 3.84. The van der Waals surface area contributed by atoms with Gasteiger partial charge in [0.2, 0.25) is 0 Å². The molecule has 0 spiro atoms. The number of pyridine rings is 1. The molecule has 0 bridgehead atoms. The molecule has 0 saturated heterocycles. The van der Waals surface area contributed by atoms with Crippen LogP contribution in [0, 0.1) is 6.92 Å². The van der Waals surface area contributed by atoms with Crippen LogP contribution in [-0.4, -0.2) is 10.9 Å². The van der Waals surface area contributed by atoms with Crippen LogP contribution in [0.5, 0.6) is 0 Å². The van der Waals surface area contributed by atoms with Crippen molar-refractivity contribution >= 4 is 23.0 Å². The standard InChI is InChI=1S/C20H20N4O/c1-14-10-11-22-13-19(14)23-12-15-6-8-16(9-7-15)20(25)24-18-5-3-2-4-17(18)21/h2-11,13,23H,12,21H2,1H3,(H,24,25). The molecule has 0 unspecified atom stereocenters. The molecule has 0 aliphatic rings. The van der Waals surface area contributed by atoms with Crippen LogP contribution in [0.3, 0.4) is 0 Å². The summed E-state index contributed by atoms with van der Waals surface area (Å²) in [6.07, 6.45) is 3.58. The lowest BCUT2D eigenvalue weighted by molar-refractivity contribution is 0.102. The van der Waals surface area contributed by atoms with E-state index in [9.17, 15) is 4.79 Å². The Morgan fingerprint density at radius 1 is 1.04 bits per heavy atom. The van der Waals surface area contributed by atoms with Gasteiger partial charge in [0.15, 0.2) is 0 Å². The number of rotatable bonds is 5. The number of hydrogen-bond acceptors (Lipinski definition) is 4. The minimum absolute atomic E-state index is 0.180. The van der Waals surface area contributed by atoms with Crippen LogP contribution >= 0.6 is 0 Å². The maximum atomic E-state index is 12.3. The lowest BCUT2D eigenvalue weighted by Gasteiger charge is -2.10. The Bertz CT molecular complexity index is 875. The van der Waals surface area contributed by atoms with E-state index >= 15 is 0 Å². The minimum atomic E-state index is -0.180. The van der Waals surface area contributed by atoms with Gasteiger partial charge in [-0.3, -0.25) is 9.78 Å². The molecule has 1 amide bonds. The summed E-state index contributed by atoms with van der Waals surface area (Å²) in [5.74, 6) is -0.180. The number of amides is 1.